The van der Waals surface area contributed by atoms with Crippen molar-refractivity contribution in [3.8, 4) is 22.6 Å². The first-order valence-electron chi connectivity index (χ1n) is 10.4. The van der Waals surface area contributed by atoms with Crippen molar-refractivity contribution < 1.29 is 19.7 Å². The van der Waals surface area contributed by atoms with Crippen molar-refractivity contribution in [1.29, 1.82) is 0 Å². The molecule has 170 valence electrons. The minimum absolute atomic E-state index is 0.0794. The van der Waals surface area contributed by atoms with Crippen LogP contribution in [0.4, 0.5) is 0 Å². The largest absolute Gasteiger partial charge is 0.507 e. The number of hydrogen-bond donors (Lipinski definition) is 2. The molecule has 4 aromatic rings. The zero-order valence-electron chi connectivity index (χ0n) is 18.5. The minimum Gasteiger partial charge on any atom is -0.507 e. The van der Waals surface area contributed by atoms with Crippen LogP contribution in [0.25, 0.3) is 22.2 Å². The fraction of sp³-hybridized carbons (Fsp3) is 0.240. The van der Waals surface area contributed by atoms with Gasteiger partial charge in [0.25, 0.3) is 0 Å². The molecule has 33 heavy (non-hydrogen) atoms. The van der Waals surface area contributed by atoms with Crippen LogP contribution in [0.1, 0.15) is 36.7 Å². The van der Waals surface area contributed by atoms with Crippen molar-refractivity contribution in [3.05, 3.63) is 70.2 Å². The van der Waals surface area contributed by atoms with E-state index in [1.165, 1.54) is 12.1 Å². The molecule has 3 aromatic carbocycles. The molecule has 1 heterocycles. The standard InChI is InChI=1S/C25H24BrN3O4/c1-25(2,3)14-29-19-8-10-21(22(26)23(19)27-28-29)33-13-15-5-4-6-16(11-15)17-7-9-20(30)18(12-17)24(31)32/h4-12,30H,13-14H2,1-3H3,(H,31,32). The van der Waals surface area contributed by atoms with Gasteiger partial charge in [-0.3, -0.25) is 0 Å². The Bertz CT molecular complexity index is 1340. The molecule has 0 amide bonds. The molecule has 2 N–H and O–H groups in total. The number of halogens is 1. The van der Waals surface area contributed by atoms with Gasteiger partial charge in [0.1, 0.15) is 29.2 Å². The van der Waals surface area contributed by atoms with Gasteiger partial charge in [-0.15, -0.1) is 5.10 Å². The zero-order chi connectivity index (χ0) is 23.8. The average molecular weight is 510 g/mol. The van der Waals surface area contributed by atoms with Crippen LogP contribution in [-0.4, -0.2) is 31.2 Å². The second-order valence-corrected chi connectivity index (χ2v) is 9.87. The fourth-order valence-electron chi connectivity index (χ4n) is 3.55. The summed E-state index contributed by atoms with van der Waals surface area (Å²) in [6, 6.07) is 16.0. The summed E-state index contributed by atoms with van der Waals surface area (Å²) in [5.41, 5.74) is 4.08. The molecular weight excluding hydrogens is 486 g/mol. The number of aromatic carboxylic acids is 1. The molecule has 0 atom stereocenters. The number of benzene rings is 3. The van der Waals surface area contributed by atoms with E-state index in [0.717, 1.165) is 33.2 Å². The molecule has 0 aliphatic heterocycles. The summed E-state index contributed by atoms with van der Waals surface area (Å²) in [4.78, 5) is 11.3. The van der Waals surface area contributed by atoms with Gasteiger partial charge < -0.3 is 14.9 Å². The van der Waals surface area contributed by atoms with Gasteiger partial charge in [0.15, 0.2) is 0 Å². The molecule has 8 heteroatoms. The molecule has 0 bridgehead atoms. The number of phenols is 1. The predicted octanol–water partition coefficient (Wildman–Crippen LogP) is 5.89. The highest BCUT2D eigenvalue weighted by Gasteiger charge is 2.18. The quantitative estimate of drug-likeness (QED) is 0.336. The molecule has 0 fully saturated rings. The Morgan fingerprint density at radius 1 is 1.09 bits per heavy atom. The molecule has 7 nitrogen and oxygen atoms in total. The van der Waals surface area contributed by atoms with Crippen LogP contribution in [0.2, 0.25) is 0 Å². The van der Waals surface area contributed by atoms with Crippen LogP contribution in [-0.2, 0) is 13.2 Å². The van der Waals surface area contributed by atoms with Gasteiger partial charge in [0.2, 0.25) is 0 Å². The lowest BCUT2D eigenvalue weighted by Gasteiger charge is -2.18. The van der Waals surface area contributed by atoms with Gasteiger partial charge in [0, 0.05) is 6.54 Å². The summed E-state index contributed by atoms with van der Waals surface area (Å²) in [7, 11) is 0. The summed E-state index contributed by atoms with van der Waals surface area (Å²) in [6.07, 6.45) is 0. The summed E-state index contributed by atoms with van der Waals surface area (Å²) in [5.74, 6) is -0.771. The van der Waals surface area contributed by atoms with Gasteiger partial charge in [-0.2, -0.15) is 0 Å². The number of hydrogen-bond acceptors (Lipinski definition) is 5. The molecule has 0 spiro atoms. The van der Waals surface area contributed by atoms with Crippen LogP contribution in [0.3, 0.4) is 0 Å². The number of nitrogens with zero attached hydrogens (tertiary/aromatic N) is 3. The van der Waals surface area contributed by atoms with E-state index in [4.69, 9.17) is 4.74 Å². The van der Waals surface area contributed by atoms with E-state index in [1.807, 2.05) is 41.1 Å². The SMILES string of the molecule is CC(C)(C)Cn1nnc2c(Br)c(OCc3cccc(-c4ccc(O)c(C(=O)O)c4)c3)ccc21. The Kier molecular flexibility index (Phi) is 6.12. The van der Waals surface area contributed by atoms with Gasteiger partial charge in [-0.1, -0.05) is 50.3 Å². The van der Waals surface area contributed by atoms with E-state index >= 15 is 0 Å². The number of ether oxygens (including phenoxy) is 1. The molecule has 1 aromatic heterocycles. The molecule has 0 saturated heterocycles. The van der Waals surface area contributed by atoms with Gasteiger partial charge >= 0.3 is 5.97 Å². The van der Waals surface area contributed by atoms with Crippen LogP contribution >= 0.6 is 15.9 Å². The molecule has 0 unspecified atom stereocenters. The normalized spacial score (nSPS) is 11.6. The van der Waals surface area contributed by atoms with E-state index in [1.54, 1.807) is 6.07 Å². The highest BCUT2D eigenvalue weighted by molar-refractivity contribution is 9.10. The second-order valence-electron chi connectivity index (χ2n) is 9.08. The number of aromatic nitrogens is 3. The number of carboxylic acid groups (broad SMARTS) is 1. The van der Waals surface area contributed by atoms with Crippen LogP contribution < -0.4 is 4.74 Å². The van der Waals surface area contributed by atoms with Crippen molar-refractivity contribution in [2.45, 2.75) is 33.9 Å². The smallest absolute Gasteiger partial charge is 0.339 e. The summed E-state index contributed by atoms with van der Waals surface area (Å²) < 4.78 is 8.71. The molecule has 4 rings (SSSR count). The topological polar surface area (TPSA) is 97.5 Å². The second kappa shape index (κ2) is 8.86. The highest BCUT2D eigenvalue weighted by atomic mass is 79.9. The fourth-order valence-corrected chi connectivity index (χ4v) is 4.08. The highest BCUT2D eigenvalue weighted by Crippen LogP contribution is 2.33. The Balaban J connectivity index is 1.55. The first-order chi connectivity index (χ1) is 15.6. The van der Waals surface area contributed by atoms with Gasteiger partial charge in [-0.05, 0) is 68.4 Å². The van der Waals surface area contributed by atoms with Crippen molar-refractivity contribution >= 4 is 32.9 Å². The molecule has 0 saturated carbocycles. The summed E-state index contributed by atoms with van der Waals surface area (Å²) in [6.45, 7) is 7.53. The average Bonchev–Trinajstić information content (AvgIpc) is 3.15. The van der Waals surface area contributed by atoms with Crippen LogP contribution in [0.15, 0.2) is 59.1 Å². The maximum absolute atomic E-state index is 11.3. The minimum atomic E-state index is -1.17. The first kappa shape index (κ1) is 22.8. The van der Waals surface area contributed by atoms with E-state index < -0.39 is 5.97 Å². The first-order valence-corrected chi connectivity index (χ1v) is 11.2. The molecule has 0 aliphatic carbocycles. The Morgan fingerprint density at radius 3 is 2.58 bits per heavy atom. The molecular formula is C25H24BrN3O4. The van der Waals surface area contributed by atoms with E-state index in [0.29, 0.717) is 17.9 Å². The van der Waals surface area contributed by atoms with E-state index in [2.05, 4.69) is 47.0 Å². The number of carboxylic acids is 1. The third-order valence-corrected chi connectivity index (χ3v) is 5.86. The van der Waals surface area contributed by atoms with E-state index in [-0.39, 0.29) is 16.7 Å². The monoisotopic (exact) mass is 509 g/mol. The summed E-state index contributed by atoms with van der Waals surface area (Å²) in [5, 5.41) is 27.6. The van der Waals surface area contributed by atoms with Crippen molar-refractivity contribution in [3.63, 3.8) is 0 Å². The predicted molar refractivity (Wildman–Crippen MR) is 130 cm³/mol. The Hall–Kier alpha value is -3.39. The molecule has 0 aliphatic rings. The number of carbonyl (C=O) groups is 1. The number of fused-ring (bicyclic) bond motifs is 1. The maximum Gasteiger partial charge on any atom is 0.339 e. The molecule has 0 radical (unpaired) electrons. The van der Waals surface area contributed by atoms with Crippen molar-refractivity contribution in [2.75, 3.05) is 0 Å². The van der Waals surface area contributed by atoms with Gasteiger partial charge in [0.05, 0.1) is 9.99 Å². The Labute approximate surface area is 199 Å². The number of rotatable bonds is 6. The lowest BCUT2D eigenvalue weighted by Crippen LogP contribution is -2.16. The lowest BCUT2D eigenvalue weighted by atomic mass is 9.97. The Morgan fingerprint density at radius 2 is 1.85 bits per heavy atom. The number of aromatic hydroxyl groups is 1. The maximum atomic E-state index is 11.3. The third-order valence-electron chi connectivity index (χ3n) is 5.10. The zero-order valence-corrected chi connectivity index (χ0v) is 20.1. The van der Waals surface area contributed by atoms with E-state index in [9.17, 15) is 15.0 Å². The van der Waals surface area contributed by atoms with Crippen molar-refractivity contribution in [2.24, 2.45) is 5.41 Å². The lowest BCUT2D eigenvalue weighted by molar-refractivity contribution is 0.0693. The van der Waals surface area contributed by atoms with Gasteiger partial charge in [-0.25, -0.2) is 9.48 Å². The third kappa shape index (κ3) is 5.01. The summed E-state index contributed by atoms with van der Waals surface area (Å²) >= 11 is 3.61. The van der Waals surface area contributed by atoms with Crippen molar-refractivity contribution in [1.82, 2.24) is 15.0 Å². The van der Waals surface area contributed by atoms with Crippen LogP contribution in [0.5, 0.6) is 11.5 Å². The van der Waals surface area contributed by atoms with Crippen LogP contribution in [0, 0.1) is 5.41 Å².